The normalized spacial score (nSPS) is 11.7. The van der Waals surface area contributed by atoms with Crippen molar-refractivity contribution in [2.75, 3.05) is 5.73 Å². The van der Waals surface area contributed by atoms with E-state index in [1.54, 1.807) is 0 Å². The Morgan fingerprint density at radius 3 is 1.87 bits per heavy atom. The van der Waals surface area contributed by atoms with Crippen molar-refractivity contribution < 1.29 is 0 Å². The predicted octanol–water partition coefficient (Wildman–Crippen LogP) is 3.46. The van der Waals surface area contributed by atoms with Crippen LogP contribution in [0.2, 0.25) is 0 Å². The van der Waals surface area contributed by atoms with Crippen molar-refractivity contribution in [3.05, 3.63) is 54.7 Å². The van der Waals surface area contributed by atoms with Crippen molar-refractivity contribution >= 4 is 49.4 Å². The Labute approximate surface area is 130 Å². The molecule has 5 nitrogen and oxygen atoms in total. The van der Waals surface area contributed by atoms with E-state index < -0.39 is 0 Å². The number of nitrogens with two attached hydrogens (primary N) is 1. The third kappa shape index (κ3) is 1.61. The number of nitrogen functional groups attached to an aromatic ring is 1. The van der Waals surface area contributed by atoms with E-state index in [0.29, 0.717) is 16.9 Å². The first-order valence-electron chi connectivity index (χ1n) is 7.31. The number of hydrogen-bond acceptors (Lipinski definition) is 5. The molecule has 2 aromatic heterocycles. The van der Waals surface area contributed by atoms with E-state index in [2.05, 4.69) is 34.5 Å². The van der Waals surface area contributed by atoms with Gasteiger partial charge in [0.1, 0.15) is 5.52 Å². The van der Waals surface area contributed by atoms with Gasteiger partial charge in [0.2, 0.25) is 5.65 Å². The minimum atomic E-state index is 0.470. The van der Waals surface area contributed by atoms with Crippen LogP contribution in [-0.4, -0.2) is 20.2 Å². The maximum Gasteiger partial charge on any atom is 0.203 e. The molecule has 0 spiro atoms. The highest BCUT2D eigenvalue weighted by atomic mass is 15.1. The van der Waals surface area contributed by atoms with E-state index in [-0.39, 0.29) is 0 Å². The Balaban J connectivity index is 2.16. The average molecular weight is 297 g/mol. The number of nitrogens with zero attached hydrogens (tertiary/aromatic N) is 4. The van der Waals surface area contributed by atoms with E-state index in [9.17, 15) is 0 Å². The number of aromatic nitrogens is 4. The molecular formula is C18H11N5. The summed E-state index contributed by atoms with van der Waals surface area (Å²) in [7, 11) is 0. The van der Waals surface area contributed by atoms with Gasteiger partial charge >= 0.3 is 0 Å². The largest absolute Gasteiger partial charge is 0.396 e. The van der Waals surface area contributed by atoms with Crippen molar-refractivity contribution in [2.45, 2.75) is 0 Å². The molecule has 0 atom stereocenters. The average Bonchev–Trinajstić information content (AvgIpc) is 2.61. The molecule has 0 aliphatic heterocycles. The lowest BCUT2D eigenvalue weighted by atomic mass is 9.99. The molecule has 0 fully saturated rings. The van der Waals surface area contributed by atoms with Crippen LogP contribution >= 0.6 is 0 Å². The smallest absolute Gasteiger partial charge is 0.203 e. The Hall–Kier alpha value is -3.34. The highest BCUT2D eigenvalue weighted by Gasteiger charge is 2.13. The van der Waals surface area contributed by atoms with Crippen LogP contribution in [0.3, 0.4) is 0 Å². The lowest BCUT2D eigenvalue weighted by Crippen LogP contribution is -1.98. The second-order valence-electron chi connectivity index (χ2n) is 5.48. The van der Waals surface area contributed by atoms with Crippen molar-refractivity contribution in [3.8, 4) is 0 Å². The molecule has 2 heterocycles. The highest BCUT2D eigenvalue weighted by Crippen LogP contribution is 2.33. The van der Waals surface area contributed by atoms with Crippen molar-refractivity contribution in [1.82, 2.24) is 20.2 Å². The monoisotopic (exact) mass is 297 g/mol. The molecule has 2 N–H and O–H groups in total. The summed E-state index contributed by atoms with van der Waals surface area (Å²) in [6.45, 7) is 0. The predicted molar refractivity (Wildman–Crippen MR) is 92.1 cm³/mol. The highest BCUT2D eigenvalue weighted by molar-refractivity contribution is 6.23. The van der Waals surface area contributed by atoms with Crippen LogP contribution < -0.4 is 5.73 Å². The van der Waals surface area contributed by atoms with Gasteiger partial charge in [-0.05, 0) is 10.8 Å². The van der Waals surface area contributed by atoms with Gasteiger partial charge in [-0.3, -0.25) is 0 Å². The summed E-state index contributed by atoms with van der Waals surface area (Å²) in [6.07, 6.45) is 1.51. The van der Waals surface area contributed by atoms with Crippen LogP contribution in [0.25, 0.3) is 43.7 Å². The summed E-state index contributed by atoms with van der Waals surface area (Å²) < 4.78 is 0. The van der Waals surface area contributed by atoms with Gasteiger partial charge in [-0.15, -0.1) is 5.10 Å². The zero-order valence-electron chi connectivity index (χ0n) is 12.1. The van der Waals surface area contributed by atoms with Gasteiger partial charge in [-0.25, -0.2) is 9.97 Å². The Bertz CT molecular complexity index is 1230. The first-order valence-corrected chi connectivity index (χ1v) is 7.31. The molecule has 5 aromatic rings. The molecule has 0 radical (unpaired) electrons. The number of rotatable bonds is 0. The quantitative estimate of drug-likeness (QED) is 0.350. The molecule has 3 aromatic carbocycles. The lowest BCUT2D eigenvalue weighted by molar-refractivity contribution is 1.05. The molecular weight excluding hydrogens is 286 g/mol. The first-order chi connectivity index (χ1) is 11.3. The van der Waals surface area contributed by atoms with Gasteiger partial charge in [0, 0.05) is 10.8 Å². The molecule has 0 saturated carbocycles. The summed E-state index contributed by atoms with van der Waals surface area (Å²) >= 11 is 0. The minimum Gasteiger partial charge on any atom is -0.396 e. The maximum atomic E-state index is 6.00. The van der Waals surface area contributed by atoms with Crippen LogP contribution in [-0.2, 0) is 0 Å². The number of anilines is 1. The fourth-order valence-corrected chi connectivity index (χ4v) is 3.12. The molecule has 0 saturated heterocycles. The summed E-state index contributed by atoms with van der Waals surface area (Å²) in [5, 5.41) is 12.4. The molecule has 0 aliphatic carbocycles. The molecule has 5 rings (SSSR count). The van der Waals surface area contributed by atoms with Gasteiger partial charge in [0.05, 0.1) is 22.9 Å². The van der Waals surface area contributed by atoms with E-state index in [1.165, 1.54) is 6.20 Å². The number of benzene rings is 3. The lowest BCUT2D eigenvalue weighted by Gasteiger charge is -2.09. The van der Waals surface area contributed by atoms with E-state index in [4.69, 9.17) is 15.7 Å². The molecule has 0 amide bonds. The van der Waals surface area contributed by atoms with E-state index in [0.717, 1.165) is 32.6 Å². The van der Waals surface area contributed by atoms with Gasteiger partial charge in [-0.2, -0.15) is 5.10 Å². The molecule has 0 bridgehead atoms. The van der Waals surface area contributed by atoms with Crippen LogP contribution in [0.5, 0.6) is 0 Å². The SMILES string of the molecule is Nc1cnnc2nc3c4ccccc4c4ccccc4c3nc12. The van der Waals surface area contributed by atoms with Crippen LogP contribution in [0.4, 0.5) is 5.69 Å². The van der Waals surface area contributed by atoms with Gasteiger partial charge in [-0.1, -0.05) is 48.5 Å². The third-order valence-electron chi connectivity index (χ3n) is 4.15. The van der Waals surface area contributed by atoms with Gasteiger partial charge in [0.25, 0.3) is 0 Å². The standard InChI is InChI=1S/C18H11N5/c19-14-9-20-23-18-17(14)21-15-12-7-3-1-5-10(12)11-6-2-4-8-13(11)16(15)22-18/h1-9H,(H2,19,22,23). The summed E-state index contributed by atoms with van der Waals surface area (Å²) in [5.41, 5.74) is 9.21. The van der Waals surface area contributed by atoms with Gasteiger partial charge < -0.3 is 5.73 Å². The topological polar surface area (TPSA) is 77.6 Å². The third-order valence-corrected chi connectivity index (χ3v) is 4.15. The number of hydrogen-bond donors (Lipinski definition) is 1. The fourth-order valence-electron chi connectivity index (χ4n) is 3.12. The van der Waals surface area contributed by atoms with Gasteiger partial charge in [0.15, 0.2) is 0 Å². The van der Waals surface area contributed by atoms with Crippen molar-refractivity contribution in [3.63, 3.8) is 0 Å². The zero-order valence-corrected chi connectivity index (χ0v) is 12.1. The van der Waals surface area contributed by atoms with Crippen molar-refractivity contribution in [2.24, 2.45) is 0 Å². The van der Waals surface area contributed by atoms with E-state index >= 15 is 0 Å². The fraction of sp³-hybridized carbons (Fsp3) is 0. The van der Waals surface area contributed by atoms with Crippen LogP contribution in [0, 0.1) is 0 Å². The Morgan fingerprint density at radius 2 is 1.22 bits per heavy atom. The summed E-state index contributed by atoms with van der Waals surface area (Å²) in [4.78, 5) is 9.47. The summed E-state index contributed by atoms with van der Waals surface area (Å²) in [5.74, 6) is 0. The Kier molecular flexibility index (Phi) is 2.30. The Morgan fingerprint density at radius 1 is 0.652 bits per heavy atom. The van der Waals surface area contributed by atoms with E-state index in [1.807, 2.05) is 24.3 Å². The zero-order chi connectivity index (χ0) is 15.4. The molecule has 5 heteroatoms. The minimum absolute atomic E-state index is 0.470. The van der Waals surface area contributed by atoms with Crippen molar-refractivity contribution in [1.29, 1.82) is 0 Å². The second kappa shape index (κ2) is 4.33. The second-order valence-corrected chi connectivity index (χ2v) is 5.48. The molecule has 23 heavy (non-hydrogen) atoms. The van der Waals surface area contributed by atoms with Crippen LogP contribution in [0.1, 0.15) is 0 Å². The van der Waals surface area contributed by atoms with Crippen LogP contribution in [0.15, 0.2) is 54.7 Å². The summed E-state index contributed by atoms with van der Waals surface area (Å²) in [6, 6.07) is 16.4. The molecule has 0 aliphatic rings. The number of fused-ring (bicyclic) bond motifs is 7. The maximum absolute atomic E-state index is 6.00. The molecule has 108 valence electrons. The molecule has 0 unspecified atom stereocenters. The first kappa shape index (κ1) is 12.2.